The summed E-state index contributed by atoms with van der Waals surface area (Å²) in [5, 5.41) is 10.5. The van der Waals surface area contributed by atoms with Crippen LogP contribution in [0.3, 0.4) is 0 Å². The molecule has 9 nitrogen and oxygen atoms in total. The van der Waals surface area contributed by atoms with E-state index < -0.39 is 35.6 Å². The number of likely N-dealkylation sites (tertiary alicyclic amines) is 1. The van der Waals surface area contributed by atoms with Crippen molar-refractivity contribution in [3.63, 3.8) is 0 Å². The highest BCUT2D eigenvalue weighted by Gasteiger charge is 2.75. The number of amides is 3. The largest absolute Gasteiger partial charge is 0.494 e. The van der Waals surface area contributed by atoms with E-state index >= 15 is 0 Å². The van der Waals surface area contributed by atoms with Gasteiger partial charge in [0.1, 0.15) is 17.4 Å². The third-order valence-corrected chi connectivity index (χ3v) is 9.66. The number of rotatable bonds is 13. The van der Waals surface area contributed by atoms with Gasteiger partial charge in [-0.25, -0.2) is 0 Å². The molecule has 2 aromatic carbocycles. The summed E-state index contributed by atoms with van der Waals surface area (Å²) < 4.78 is 12.3. The zero-order valence-corrected chi connectivity index (χ0v) is 26.8. The van der Waals surface area contributed by atoms with Crippen molar-refractivity contribution in [3.8, 4) is 5.75 Å². The van der Waals surface area contributed by atoms with Crippen LogP contribution >= 0.6 is 0 Å². The number of fused-ring (bicyclic) bond motifs is 1. The predicted molar refractivity (Wildman–Crippen MR) is 174 cm³/mol. The summed E-state index contributed by atoms with van der Waals surface area (Å²) in [6, 6.07) is 11.5. The maximum atomic E-state index is 14.9. The van der Waals surface area contributed by atoms with Gasteiger partial charge in [0.25, 0.3) is 5.91 Å². The van der Waals surface area contributed by atoms with E-state index in [4.69, 9.17) is 9.47 Å². The van der Waals surface area contributed by atoms with E-state index in [1.165, 1.54) is 4.90 Å². The summed E-state index contributed by atoms with van der Waals surface area (Å²) in [6.07, 6.45) is 4.27. The van der Waals surface area contributed by atoms with Crippen LogP contribution in [0.15, 0.2) is 67.8 Å². The van der Waals surface area contributed by atoms with Crippen molar-refractivity contribution in [3.05, 3.63) is 78.9 Å². The molecule has 0 radical (unpaired) electrons. The molecule has 5 rings (SSSR count). The van der Waals surface area contributed by atoms with Crippen LogP contribution in [0.25, 0.3) is 0 Å². The van der Waals surface area contributed by atoms with Gasteiger partial charge in [0, 0.05) is 24.5 Å². The number of hydrogen-bond acceptors (Lipinski definition) is 6. The highest BCUT2D eigenvalue weighted by molar-refractivity contribution is 6.07. The highest BCUT2D eigenvalue weighted by Crippen LogP contribution is 2.59. The SMILES string of the molecule is C=CCN(C(=O)[C@@H]1[C@@H]2CCC3(O2)C(C(=O)N(CC=C)c2c(C)cccc2C)N([C@@H](CC)CO)C(=O)[C@H]13)c1ccc(OCC)cc1. The van der Waals surface area contributed by atoms with Crippen molar-refractivity contribution in [2.24, 2.45) is 11.8 Å². The van der Waals surface area contributed by atoms with E-state index in [-0.39, 0.29) is 37.4 Å². The van der Waals surface area contributed by atoms with Crippen molar-refractivity contribution in [1.82, 2.24) is 4.90 Å². The molecule has 1 spiro atoms. The first-order valence-corrected chi connectivity index (χ1v) is 15.9. The van der Waals surface area contributed by atoms with Crippen LogP contribution in [0.1, 0.15) is 44.2 Å². The number of para-hydroxylation sites is 1. The normalized spacial score (nSPS) is 25.5. The molecule has 0 aliphatic carbocycles. The van der Waals surface area contributed by atoms with Crippen molar-refractivity contribution in [2.45, 2.75) is 70.7 Å². The molecule has 0 saturated carbocycles. The molecule has 45 heavy (non-hydrogen) atoms. The van der Waals surface area contributed by atoms with Gasteiger partial charge in [-0.1, -0.05) is 37.3 Å². The Morgan fingerprint density at radius 2 is 1.71 bits per heavy atom. The van der Waals surface area contributed by atoms with Crippen LogP contribution in [-0.2, 0) is 19.1 Å². The Bertz CT molecular complexity index is 1430. The predicted octanol–water partition coefficient (Wildman–Crippen LogP) is 4.59. The summed E-state index contributed by atoms with van der Waals surface area (Å²) in [6.45, 7) is 16.2. The molecule has 3 aliphatic rings. The van der Waals surface area contributed by atoms with Crippen molar-refractivity contribution in [2.75, 3.05) is 36.1 Å². The molecule has 240 valence electrons. The molecule has 9 heteroatoms. The molecule has 3 heterocycles. The van der Waals surface area contributed by atoms with Crippen LogP contribution in [0, 0.1) is 25.7 Å². The molecule has 3 aliphatic heterocycles. The molecule has 6 atom stereocenters. The number of carbonyl (C=O) groups excluding carboxylic acids is 3. The third kappa shape index (κ3) is 5.36. The number of anilines is 2. The van der Waals surface area contributed by atoms with Crippen molar-refractivity contribution in [1.29, 1.82) is 0 Å². The lowest BCUT2D eigenvalue weighted by Crippen LogP contribution is -2.59. The Morgan fingerprint density at radius 1 is 1.07 bits per heavy atom. The number of carbonyl (C=O) groups is 3. The highest BCUT2D eigenvalue weighted by atomic mass is 16.5. The van der Waals surface area contributed by atoms with Gasteiger partial charge in [-0.15, -0.1) is 13.2 Å². The van der Waals surface area contributed by atoms with E-state index in [1.807, 2.05) is 70.2 Å². The van der Waals surface area contributed by atoms with Crippen molar-refractivity contribution >= 4 is 29.1 Å². The molecule has 0 aromatic heterocycles. The van der Waals surface area contributed by atoms with Gasteiger partial charge in [0.15, 0.2) is 0 Å². The molecule has 3 fully saturated rings. The van der Waals surface area contributed by atoms with Crippen molar-refractivity contribution < 1.29 is 29.0 Å². The lowest BCUT2D eigenvalue weighted by molar-refractivity contribution is -0.144. The molecule has 3 amide bonds. The van der Waals surface area contributed by atoms with Crippen LogP contribution in [-0.4, -0.2) is 77.8 Å². The Morgan fingerprint density at radius 3 is 2.29 bits per heavy atom. The maximum Gasteiger partial charge on any atom is 0.253 e. The summed E-state index contributed by atoms with van der Waals surface area (Å²) in [4.78, 5) is 48.8. The minimum Gasteiger partial charge on any atom is -0.494 e. The van der Waals surface area contributed by atoms with E-state index in [9.17, 15) is 19.5 Å². The molecule has 1 N–H and O–H groups in total. The van der Waals surface area contributed by atoms with Gasteiger partial charge < -0.3 is 29.3 Å². The molecule has 2 unspecified atom stereocenters. The Labute approximate surface area is 266 Å². The minimum absolute atomic E-state index is 0.233. The number of ether oxygens (including phenoxy) is 2. The summed E-state index contributed by atoms with van der Waals surface area (Å²) in [5.41, 5.74) is 2.06. The second-order valence-electron chi connectivity index (χ2n) is 12.2. The van der Waals surface area contributed by atoms with E-state index in [1.54, 1.807) is 22.0 Å². The average Bonchev–Trinajstić information content (AvgIpc) is 3.68. The van der Waals surface area contributed by atoms with E-state index in [0.717, 1.165) is 16.8 Å². The standard InChI is InChI=1S/C36H45N3O6/c1-7-20-37(26-14-16-27(17-15-26)44-10-4)33(41)29-28-18-19-36(45-28)30(29)34(42)39(25(9-3)22-40)32(36)35(43)38(21-8-2)31-23(5)12-11-13-24(31)6/h7-8,11-17,25,28-30,32,40H,1-2,9-10,18-22H2,3-6H3/t25-,28-,29+,30-,32?,36?/m0/s1. The van der Waals surface area contributed by atoms with E-state index in [0.29, 0.717) is 37.3 Å². The lowest BCUT2D eigenvalue weighted by atomic mass is 9.70. The summed E-state index contributed by atoms with van der Waals surface area (Å²) in [7, 11) is 0. The van der Waals surface area contributed by atoms with Crippen LogP contribution < -0.4 is 14.5 Å². The first-order chi connectivity index (χ1) is 21.7. The van der Waals surface area contributed by atoms with Crippen LogP contribution in [0.5, 0.6) is 5.75 Å². The van der Waals surface area contributed by atoms with Gasteiger partial charge in [-0.05, 0) is 75.4 Å². The number of benzene rings is 2. The molecular formula is C36H45N3O6. The number of hydrogen-bond donors (Lipinski definition) is 1. The van der Waals surface area contributed by atoms with Crippen LogP contribution in [0.2, 0.25) is 0 Å². The molecule has 2 bridgehead atoms. The Balaban J connectivity index is 1.58. The second-order valence-corrected chi connectivity index (χ2v) is 12.2. The average molecular weight is 616 g/mol. The fraction of sp³-hybridized carbons (Fsp3) is 0.472. The van der Waals surface area contributed by atoms with Gasteiger partial charge in [0.05, 0.1) is 37.2 Å². The first-order valence-electron chi connectivity index (χ1n) is 15.9. The topological polar surface area (TPSA) is 99.6 Å². The number of aliphatic hydroxyl groups excluding tert-OH is 1. The monoisotopic (exact) mass is 615 g/mol. The summed E-state index contributed by atoms with van der Waals surface area (Å²) >= 11 is 0. The van der Waals surface area contributed by atoms with Gasteiger partial charge >= 0.3 is 0 Å². The Kier molecular flexibility index (Phi) is 9.51. The lowest BCUT2D eigenvalue weighted by Gasteiger charge is -2.39. The fourth-order valence-electron chi connectivity index (χ4n) is 7.78. The third-order valence-electron chi connectivity index (χ3n) is 9.66. The number of nitrogens with zero attached hydrogens (tertiary/aromatic N) is 3. The smallest absolute Gasteiger partial charge is 0.253 e. The minimum atomic E-state index is -1.20. The van der Waals surface area contributed by atoms with Gasteiger partial charge in [-0.3, -0.25) is 14.4 Å². The second kappa shape index (κ2) is 13.2. The zero-order valence-electron chi connectivity index (χ0n) is 26.8. The molecular weight excluding hydrogens is 570 g/mol. The first kappa shape index (κ1) is 32.4. The van der Waals surface area contributed by atoms with Crippen LogP contribution in [0.4, 0.5) is 11.4 Å². The zero-order chi connectivity index (χ0) is 32.5. The molecule has 2 aromatic rings. The quantitative estimate of drug-likeness (QED) is 0.331. The Hall–Kier alpha value is -3.95. The van der Waals surface area contributed by atoms with Gasteiger partial charge in [0.2, 0.25) is 11.8 Å². The summed E-state index contributed by atoms with van der Waals surface area (Å²) in [5.74, 6) is -1.82. The molecule has 3 saturated heterocycles. The number of aryl methyl sites for hydroxylation is 2. The van der Waals surface area contributed by atoms with E-state index in [2.05, 4.69) is 13.2 Å². The fourth-order valence-corrected chi connectivity index (χ4v) is 7.78. The number of aliphatic hydroxyl groups is 1. The van der Waals surface area contributed by atoms with Gasteiger partial charge in [-0.2, -0.15) is 0 Å². The maximum absolute atomic E-state index is 14.9.